The molecule has 2 nitrogen and oxygen atoms in total. The van der Waals surface area contributed by atoms with Crippen molar-refractivity contribution in [3.63, 3.8) is 0 Å². The molecule has 0 amide bonds. The maximum absolute atomic E-state index is 4.98. The van der Waals surface area contributed by atoms with E-state index in [0.717, 1.165) is 26.1 Å². The Morgan fingerprint density at radius 1 is 1.40 bits per heavy atom. The second kappa shape index (κ2) is 6.99. The van der Waals surface area contributed by atoms with Crippen LogP contribution >= 0.6 is 15.9 Å². The van der Waals surface area contributed by atoms with Gasteiger partial charge >= 0.3 is 0 Å². The summed E-state index contributed by atoms with van der Waals surface area (Å²) in [5.41, 5.74) is 2.61. The van der Waals surface area contributed by atoms with Crippen LogP contribution in [0.1, 0.15) is 17.5 Å². The monoisotopic (exact) mass is 271 g/mol. The van der Waals surface area contributed by atoms with E-state index in [1.54, 1.807) is 7.11 Å². The van der Waals surface area contributed by atoms with E-state index in [-0.39, 0.29) is 0 Å². The maximum Gasteiger partial charge on any atom is 0.0474 e. The van der Waals surface area contributed by atoms with Gasteiger partial charge in [0.15, 0.2) is 0 Å². The Kier molecular flexibility index (Phi) is 5.91. The lowest BCUT2D eigenvalue weighted by atomic mass is 10.1. The van der Waals surface area contributed by atoms with Gasteiger partial charge in [0, 0.05) is 24.7 Å². The van der Waals surface area contributed by atoms with Crippen LogP contribution in [0.5, 0.6) is 0 Å². The van der Waals surface area contributed by atoms with Crippen molar-refractivity contribution in [1.82, 2.24) is 5.32 Å². The fraction of sp³-hybridized carbons (Fsp3) is 0.500. The molecule has 1 N–H and O–H groups in total. The van der Waals surface area contributed by atoms with Gasteiger partial charge in [0.2, 0.25) is 0 Å². The van der Waals surface area contributed by atoms with E-state index >= 15 is 0 Å². The number of halogens is 1. The summed E-state index contributed by atoms with van der Waals surface area (Å²) in [4.78, 5) is 0. The lowest BCUT2D eigenvalue weighted by Gasteiger charge is -2.06. The smallest absolute Gasteiger partial charge is 0.0474 e. The molecule has 0 bridgehead atoms. The molecule has 1 aromatic carbocycles. The normalized spacial score (nSPS) is 10.6. The van der Waals surface area contributed by atoms with Crippen molar-refractivity contribution in [2.75, 3.05) is 20.3 Å². The van der Waals surface area contributed by atoms with Crippen molar-refractivity contribution in [3.05, 3.63) is 33.8 Å². The zero-order chi connectivity index (χ0) is 11.1. The first-order valence-electron chi connectivity index (χ1n) is 5.18. The molecule has 0 fully saturated rings. The molecule has 84 valence electrons. The fourth-order valence-corrected chi connectivity index (χ4v) is 1.64. The molecule has 0 saturated carbocycles. The summed E-state index contributed by atoms with van der Waals surface area (Å²) < 4.78 is 6.15. The topological polar surface area (TPSA) is 21.3 Å². The number of benzene rings is 1. The molecule has 0 spiro atoms. The summed E-state index contributed by atoms with van der Waals surface area (Å²) in [6.07, 6.45) is 1.06. The van der Waals surface area contributed by atoms with Crippen LogP contribution in [0.15, 0.2) is 22.7 Å². The summed E-state index contributed by atoms with van der Waals surface area (Å²) >= 11 is 3.49. The van der Waals surface area contributed by atoms with Crippen molar-refractivity contribution < 1.29 is 4.74 Å². The molecular formula is C12H18BrNO. The highest BCUT2D eigenvalue weighted by molar-refractivity contribution is 9.10. The van der Waals surface area contributed by atoms with Crippen molar-refractivity contribution in [1.29, 1.82) is 0 Å². The van der Waals surface area contributed by atoms with Gasteiger partial charge < -0.3 is 10.1 Å². The van der Waals surface area contributed by atoms with Crippen molar-refractivity contribution >= 4 is 15.9 Å². The first-order valence-corrected chi connectivity index (χ1v) is 5.98. The van der Waals surface area contributed by atoms with Gasteiger partial charge in [0.1, 0.15) is 0 Å². The molecule has 15 heavy (non-hydrogen) atoms. The first-order chi connectivity index (χ1) is 7.24. The minimum absolute atomic E-state index is 0.826. The maximum atomic E-state index is 4.98. The third kappa shape index (κ3) is 4.78. The molecule has 0 saturated heterocycles. The number of aryl methyl sites for hydroxylation is 1. The summed E-state index contributed by atoms with van der Waals surface area (Å²) in [6, 6.07) is 6.44. The molecule has 0 aliphatic carbocycles. The van der Waals surface area contributed by atoms with Gasteiger partial charge in [-0.25, -0.2) is 0 Å². The third-order valence-electron chi connectivity index (χ3n) is 2.25. The van der Waals surface area contributed by atoms with Gasteiger partial charge in [-0.3, -0.25) is 0 Å². The third-order valence-corrected chi connectivity index (χ3v) is 3.14. The Morgan fingerprint density at radius 3 is 2.87 bits per heavy atom. The van der Waals surface area contributed by atoms with E-state index in [1.807, 2.05) is 0 Å². The van der Waals surface area contributed by atoms with Gasteiger partial charge in [-0.1, -0.05) is 28.1 Å². The minimum Gasteiger partial charge on any atom is -0.385 e. The van der Waals surface area contributed by atoms with Gasteiger partial charge in [-0.05, 0) is 37.1 Å². The molecule has 0 unspecified atom stereocenters. The Labute approximate surface area is 100 Å². The number of hydrogen-bond acceptors (Lipinski definition) is 2. The summed E-state index contributed by atoms with van der Waals surface area (Å²) in [5.74, 6) is 0. The van der Waals surface area contributed by atoms with Gasteiger partial charge in [0.25, 0.3) is 0 Å². The highest BCUT2D eigenvalue weighted by Gasteiger charge is 1.96. The Morgan fingerprint density at radius 2 is 2.20 bits per heavy atom. The number of hydrogen-bond donors (Lipinski definition) is 1. The molecule has 0 aliphatic heterocycles. The molecule has 3 heteroatoms. The second-order valence-electron chi connectivity index (χ2n) is 3.61. The number of nitrogens with one attached hydrogen (secondary N) is 1. The van der Waals surface area contributed by atoms with Crippen molar-refractivity contribution in [2.45, 2.75) is 19.9 Å². The Balaban J connectivity index is 2.28. The average Bonchev–Trinajstić information content (AvgIpc) is 2.23. The number of methoxy groups -OCH3 is 1. The fourth-order valence-electron chi connectivity index (χ4n) is 1.39. The van der Waals surface area contributed by atoms with Crippen LogP contribution in [0.25, 0.3) is 0 Å². The van der Waals surface area contributed by atoms with E-state index in [2.05, 4.69) is 46.4 Å². The predicted octanol–water partition coefficient (Wildman–Crippen LogP) is 2.88. The highest BCUT2D eigenvalue weighted by atomic mass is 79.9. The highest BCUT2D eigenvalue weighted by Crippen LogP contribution is 2.16. The van der Waals surface area contributed by atoms with Gasteiger partial charge in [-0.15, -0.1) is 0 Å². The molecular weight excluding hydrogens is 254 g/mol. The predicted molar refractivity (Wildman–Crippen MR) is 67.1 cm³/mol. The van der Waals surface area contributed by atoms with Crippen LogP contribution in [0, 0.1) is 6.92 Å². The number of ether oxygens (including phenoxy) is 1. The van der Waals surface area contributed by atoms with Crippen LogP contribution < -0.4 is 5.32 Å². The standard InChI is InChI=1S/C12H18BrNO/c1-10-8-11(4-5-12(10)13)9-14-6-3-7-15-2/h4-5,8,14H,3,6-7,9H2,1-2H3. The molecule has 0 aliphatic rings. The lowest BCUT2D eigenvalue weighted by Crippen LogP contribution is -2.16. The van der Waals surface area contributed by atoms with Gasteiger partial charge in [0.05, 0.1) is 0 Å². The zero-order valence-electron chi connectivity index (χ0n) is 9.35. The van der Waals surface area contributed by atoms with Crippen LogP contribution in [0.2, 0.25) is 0 Å². The zero-order valence-corrected chi connectivity index (χ0v) is 10.9. The second-order valence-corrected chi connectivity index (χ2v) is 4.46. The largest absolute Gasteiger partial charge is 0.385 e. The Bertz CT molecular complexity index is 302. The SMILES string of the molecule is COCCCNCc1ccc(Br)c(C)c1. The van der Waals surface area contributed by atoms with Crippen LogP contribution in [0.3, 0.4) is 0 Å². The van der Waals surface area contributed by atoms with Crippen LogP contribution in [0.4, 0.5) is 0 Å². The molecule has 0 radical (unpaired) electrons. The summed E-state index contributed by atoms with van der Waals surface area (Å²) in [6.45, 7) is 4.87. The van der Waals surface area contributed by atoms with E-state index in [9.17, 15) is 0 Å². The van der Waals surface area contributed by atoms with Crippen LogP contribution in [-0.2, 0) is 11.3 Å². The molecule has 0 atom stereocenters. The van der Waals surface area contributed by atoms with Crippen LogP contribution in [-0.4, -0.2) is 20.3 Å². The summed E-state index contributed by atoms with van der Waals surface area (Å²) in [5, 5.41) is 3.39. The van der Waals surface area contributed by atoms with E-state index < -0.39 is 0 Å². The molecule has 1 rings (SSSR count). The Hall–Kier alpha value is -0.380. The molecule has 1 aromatic rings. The average molecular weight is 272 g/mol. The number of rotatable bonds is 6. The van der Waals surface area contributed by atoms with E-state index in [4.69, 9.17) is 4.74 Å². The quantitative estimate of drug-likeness (QED) is 0.804. The molecule has 0 aromatic heterocycles. The molecule has 0 heterocycles. The lowest BCUT2D eigenvalue weighted by molar-refractivity contribution is 0.194. The first kappa shape index (κ1) is 12.7. The van der Waals surface area contributed by atoms with E-state index in [1.165, 1.54) is 15.6 Å². The van der Waals surface area contributed by atoms with Crippen molar-refractivity contribution in [3.8, 4) is 0 Å². The van der Waals surface area contributed by atoms with Crippen molar-refractivity contribution in [2.24, 2.45) is 0 Å². The van der Waals surface area contributed by atoms with E-state index in [0.29, 0.717) is 0 Å². The summed E-state index contributed by atoms with van der Waals surface area (Å²) in [7, 11) is 1.73. The van der Waals surface area contributed by atoms with Gasteiger partial charge in [-0.2, -0.15) is 0 Å². The minimum atomic E-state index is 0.826.